The lowest BCUT2D eigenvalue weighted by atomic mass is 10.1. The molecular weight excluding hydrogens is 188 g/mol. The second-order valence-electron chi connectivity index (χ2n) is 3.92. The van der Waals surface area contributed by atoms with Gasteiger partial charge in [0.2, 0.25) is 0 Å². The molecule has 1 unspecified atom stereocenters. The lowest BCUT2D eigenvalue weighted by molar-refractivity contribution is 0.430. The van der Waals surface area contributed by atoms with Gasteiger partial charge < -0.3 is 10.0 Å². The fourth-order valence-corrected chi connectivity index (χ4v) is 2.09. The van der Waals surface area contributed by atoms with E-state index < -0.39 is 0 Å². The number of rotatable bonds is 1. The molecule has 0 bridgehead atoms. The van der Waals surface area contributed by atoms with E-state index in [0.29, 0.717) is 6.04 Å². The Morgan fingerprint density at radius 1 is 1.60 bits per heavy atom. The maximum Gasteiger partial charge on any atom is 0.125 e. The van der Waals surface area contributed by atoms with Crippen LogP contribution in [0.1, 0.15) is 13.3 Å². The summed E-state index contributed by atoms with van der Waals surface area (Å²) in [5.41, 5.74) is 6.10. The monoisotopic (exact) mass is 200 g/mol. The maximum absolute atomic E-state index is 9.50. The first-order chi connectivity index (χ1) is 7.29. The molecule has 2 heterocycles. The summed E-state index contributed by atoms with van der Waals surface area (Å²) in [5.74, 6) is 0.247. The van der Waals surface area contributed by atoms with E-state index in [1.54, 1.807) is 12.2 Å². The van der Waals surface area contributed by atoms with Crippen LogP contribution in [0.15, 0.2) is 46.1 Å². The second-order valence-corrected chi connectivity index (χ2v) is 3.92. The van der Waals surface area contributed by atoms with E-state index in [0.717, 1.165) is 24.4 Å². The SMILES string of the molecule is CCC1=NC2=C(C=C(O)C=C=C2)N2CC12. The molecule has 3 heteroatoms. The molecule has 0 saturated carbocycles. The summed E-state index contributed by atoms with van der Waals surface area (Å²) < 4.78 is 0. The zero-order chi connectivity index (χ0) is 10.4. The zero-order valence-electron chi connectivity index (χ0n) is 8.57. The van der Waals surface area contributed by atoms with E-state index in [4.69, 9.17) is 0 Å². The molecule has 0 aromatic carbocycles. The van der Waals surface area contributed by atoms with Gasteiger partial charge in [-0.2, -0.15) is 0 Å². The van der Waals surface area contributed by atoms with Crippen LogP contribution in [0, 0.1) is 0 Å². The van der Waals surface area contributed by atoms with Gasteiger partial charge in [-0.15, -0.1) is 5.73 Å². The first-order valence-corrected chi connectivity index (χ1v) is 5.21. The lowest BCUT2D eigenvalue weighted by Crippen LogP contribution is -2.17. The summed E-state index contributed by atoms with van der Waals surface area (Å²) in [5, 5.41) is 9.50. The third-order valence-electron chi connectivity index (χ3n) is 2.93. The Labute approximate surface area is 88.4 Å². The molecule has 3 nitrogen and oxygen atoms in total. The van der Waals surface area contributed by atoms with Crippen molar-refractivity contribution in [2.45, 2.75) is 19.4 Å². The molecule has 3 aliphatic rings. The summed E-state index contributed by atoms with van der Waals surface area (Å²) >= 11 is 0. The Bertz CT molecular complexity index is 476. The van der Waals surface area contributed by atoms with Gasteiger partial charge in [0.05, 0.1) is 17.4 Å². The molecule has 3 rings (SSSR count). The predicted octanol–water partition coefficient (Wildman–Crippen LogP) is 1.91. The summed E-state index contributed by atoms with van der Waals surface area (Å²) in [7, 11) is 0. The van der Waals surface area contributed by atoms with E-state index in [1.807, 2.05) is 6.08 Å². The van der Waals surface area contributed by atoms with Crippen LogP contribution in [0.3, 0.4) is 0 Å². The molecule has 2 aliphatic heterocycles. The van der Waals surface area contributed by atoms with Gasteiger partial charge in [0.25, 0.3) is 0 Å². The Morgan fingerprint density at radius 3 is 3.27 bits per heavy atom. The molecule has 1 atom stereocenters. The molecule has 1 fully saturated rings. The van der Waals surface area contributed by atoms with E-state index >= 15 is 0 Å². The summed E-state index contributed by atoms with van der Waals surface area (Å²) in [6.45, 7) is 3.16. The largest absolute Gasteiger partial charge is 0.507 e. The Kier molecular flexibility index (Phi) is 1.64. The van der Waals surface area contributed by atoms with Gasteiger partial charge in [0, 0.05) is 30.5 Å². The molecule has 1 saturated heterocycles. The van der Waals surface area contributed by atoms with Crippen LogP contribution in [0.4, 0.5) is 0 Å². The van der Waals surface area contributed by atoms with Gasteiger partial charge in [-0.1, -0.05) is 6.92 Å². The minimum atomic E-state index is 0.247. The first kappa shape index (κ1) is 8.57. The highest BCUT2D eigenvalue weighted by molar-refractivity contribution is 5.94. The van der Waals surface area contributed by atoms with E-state index in [-0.39, 0.29) is 5.76 Å². The molecular formula is C12H12N2O. The number of hydrogen-bond acceptors (Lipinski definition) is 3. The maximum atomic E-state index is 9.50. The van der Waals surface area contributed by atoms with Crippen molar-refractivity contribution in [3.63, 3.8) is 0 Å². The highest BCUT2D eigenvalue weighted by atomic mass is 16.3. The highest BCUT2D eigenvalue weighted by Gasteiger charge is 2.42. The summed E-state index contributed by atoms with van der Waals surface area (Å²) in [6, 6.07) is 0.476. The van der Waals surface area contributed by atoms with Crippen LogP contribution < -0.4 is 0 Å². The first-order valence-electron chi connectivity index (χ1n) is 5.21. The van der Waals surface area contributed by atoms with Crippen LogP contribution in [-0.4, -0.2) is 28.3 Å². The van der Waals surface area contributed by atoms with E-state index in [1.165, 1.54) is 5.71 Å². The minimum Gasteiger partial charge on any atom is -0.507 e. The van der Waals surface area contributed by atoms with Crippen LogP contribution in [-0.2, 0) is 0 Å². The Morgan fingerprint density at radius 2 is 2.47 bits per heavy atom. The van der Waals surface area contributed by atoms with Crippen molar-refractivity contribution in [2.75, 3.05) is 6.54 Å². The average molecular weight is 200 g/mol. The molecule has 0 aromatic heterocycles. The van der Waals surface area contributed by atoms with Crippen molar-refractivity contribution >= 4 is 5.71 Å². The Hall–Kier alpha value is -1.73. The highest BCUT2D eigenvalue weighted by Crippen LogP contribution is 2.35. The molecule has 15 heavy (non-hydrogen) atoms. The van der Waals surface area contributed by atoms with Gasteiger partial charge in [0.15, 0.2) is 0 Å². The quantitative estimate of drug-likeness (QED) is 0.518. The Balaban J connectivity index is 2.12. The molecule has 0 radical (unpaired) electrons. The van der Waals surface area contributed by atoms with Gasteiger partial charge in [-0.3, -0.25) is 4.99 Å². The lowest BCUT2D eigenvalue weighted by Gasteiger charge is -2.15. The fourth-order valence-electron chi connectivity index (χ4n) is 2.09. The number of fused-ring (bicyclic) bond motifs is 2. The van der Waals surface area contributed by atoms with Gasteiger partial charge in [-0.25, -0.2) is 0 Å². The number of aliphatic imine (C=N–C) groups is 1. The van der Waals surface area contributed by atoms with Crippen molar-refractivity contribution < 1.29 is 5.11 Å². The van der Waals surface area contributed by atoms with Crippen molar-refractivity contribution in [3.05, 3.63) is 41.1 Å². The van der Waals surface area contributed by atoms with Crippen LogP contribution in [0.25, 0.3) is 0 Å². The minimum absolute atomic E-state index is 0.247. The van der Waals surface area contributed by atoms with E-state index in [2.05, 4.69) is 22.5 Å². The third-order valence-corrected chi connectivity index (χ3v) is 2.93. The van der Waals surface area contributed by atoms with Crippen molar-refractivity contribution in [2.24, 2.45) is 4.99 Å². The zero-order valence-corrected chi connectivity index (χ0v) is 8.57. The number of allylic oxidation sites excluding steroid dienone is 3. The summed E-state index contributed by atoms with van der Waals surface area (Å²) in [6.07, 6.45) is 6.16. The number of nitrogens with zero attached hydrogens (tertiary/aromatic N) is 2. The van der Waals surface area contributed by atoms with Crippen molar-refractivity contribution in [1.29, 1.82) is 0 Å². The summed E-state index contributed by atoms with van der Waals surface area (Å²) in [4.78, 5) is 6.86. The molecule has 0 aromatic rings. The fraction of sp³-hybridized carbons (Fsp3) is 0.333. The smallest absolute Gasteiger partial charge is 0.125 e. The van der Waals surface area contributed by atoms with E-state index in [9.17, 15) is 5.11 Å². The van der Waals surface area contributed by atoms with Gasteiger partial charge >= 0.3 is 0 Å². The predicted molar refractivity (Wildman–Crippen MR) is 58.6 cm³/mol. The van der Waals surface area contributed by atoms with Crippen LogP contribution in [0.2, 0.25) is 0 Å². The average Bonchev–Trinajstić information content (AvgIpc) is 2.99. The van der Waals surface area contributed by atoms with Gasteiger partial charge in [-0.05, 0) is 6.42 Å². The van der Waals surface area contributed by atoms with Gasteiger partial charge in [0.1, 0.15) is 5.76 Å². The molecule has 76 valence electrons. The van der Waals surface area contributed by atoms with Crippen molar-refractivity contribution in [3.8, 4) is 0 Å². The van der Waals surface area contributed by atoms with Crippen LogP contribution in [0.5, 0.6) is 0 Å². The standard InChI is InChI=1S/C12H12N2O/c1-2-9-12-7-14(12)11-6-8(15)4-3-5-10(11)13-9/h4-6,12,15H,2,7H2,1H3. The second kappa shape index (κ2) is 2.88. The normalized spacial score (nSPS) is 26.7. The topological polar surface area (TPSA) is 35.6 Å². The molecule has 0 spiro atoms. The molecule has 0 amide bonds. The van der Waals surface area contributed by atoms with Crippen LogP contribution >= 0.6 is 0 Å². The molecule has 1 aliphatic carbocycles. The van der Waals surface area contributed by atoms with Crippen molar-refractivity contribution in [1.82, 2.24) is 4.90 Å². The number of aliphatic hydroxyl groups is 1. The molecule has 1 N–H and O–H groups in total. The number of hydrogen-bond donors (Lipinski definition) is 1. The number of aliphatic hydroxyl groups excluding tert-OH is 1. The third kappa shape index (κ3) is 1.24.